The minimum absolute atomic E-state index is 0.141. The summed E-state index contributed by atoms with van der Waals surface area (Å²) in [6, 6.07) is 1.83. The minimum Gasteiger partial charge on any atom is -0.504 e. The number of hydrogen-bond donors (Lipinski definition) is 2. The molecule has 0 atom stereocenters. The normalized spacial score (nSPS) is 10.4. The van der Waals surface area contributed by atoms with Gasteiger partial charge in [-0.25, -0.2) is 0 Å². The lowest BCUT2D eigenvalue weighted by atomic mass is 10.1. The van der Waals surface area contributed by atoms with Crippen LogP contribution in [0.15, 0.2) is 10.5 Å². The van der Waals surface area contributed by atoms with E-state index >= 15 is 0 Å². The molecule has 0 heterocycles. The van der Waals surface area contributed by atoms with Crippen LogP contribution in [0.3, 0.4) is 0 Å². The first kappa shape index (κ1) is 12.3. The van der Waals surface area contributed by atoms with Gasteiger partial charge in [0.1, 0.15) is 0 Å². The van der Waals surface area contributed by atoms with Crippen LogP contribution in [0.4, 0.5) is 0 Å². The molecule has 1 rings (SSSR count). The summed E-state index contributed by atoms with van der Waals surface area (Å²) in [5.74, 6) is 0.625. The molecule has 84 valence electrons. The van der Waals surface area contributed by atoms with Crippen LogP contribution < -0.4 is 10.2 Å². The Hall–Kier alpha value is -0.780. The zero-order valence-corrected chi connectivity index (χ0v) is 10.5. The highest BCUT2D eigenvalue weighted by Gasteiger charge is 2.13. The monoisotopic (exact) mass is 275 g/mol. The lowest BCUT2D eigenvalue weighted by Gasteiger charge is -2.13. The molecule has 0 amide bonds. The molecular weight excluding hydrogens is 262 g/mol. The first-order chi connectivity index (χ1) is 7.11. The van der Waals surface area contributed by atoms with Gasteiger partial charge in [-0.1, -0.05) is 15.9 Å². The van der Waals surface area contributed by atoms with Gasteiger partial charge in [0.15, 0.2) is 11.5 Å². The maximum atomic E-state index is 9.88. The fourth-order valence-electron chi connectivity index (χ4n) is 1.30. The van der Waals surface area contributed by atoms with Crippen LogP contribution in [0.1, 0.15) is 11.1 Å². The van der Waals surface area contributed by atoms with Crippen molar-refractivity contribution < 1.29 is 14.7 Å². The van der Waals surface area contributed by atoms with E-state index in [1.807, 2.05) is 13.0 Å². The van der Waals surface area contributed by atoms with E-state index in [9.17, 15) is 5.11 Å². The van der Waals surface area contributed by atoms with E-state index < -0.39 is 0 Å². The van der Waals surface area contributed by atoms with Crippen molar-refractivity contribution in [1.82, 2.24) is 5.48 Å². The molecule has 1 aromatic rings. The molecule has 5 heteroatoms. The first-order valence-electron chi connectivity index (χ1n) is 4.42. The second-order valence-corrected chi connectivity index (χ2v) is 3.90. The molecule has 0 radical (unpaired) electrons. The Bertz CT molecular complexity index is 355. The Labute approximate surface area is 97.3 Å². The number of phenols is 1. The zero-order valence-electron chi connectivity index (χ0n) is 8.93. The summed E-state index contributed by atoms with van der Waals surface area (Å²) in [5.41, 5.74) is 4.25. The maximum Gasteiger partial charge on any atom is 0.164 e. The number of benzene rings is 1. The molecule has 0 spiro atoms. The van der Waals surface area contributed by atoms with E-state index in [1.165, 1.54) is 14.2 Å². The summed E-state index contributed by atoms with van der Waals surface area (Å²) in [7, 11) is 3.06. The van der Waals surface area contributed by atoms with Crippen LogP contribution in [0.2, 0.25) is 0 Å². The third kappa shape index (κ3) is 2.62. The van der Waals surface area contributed by atoms with Crippen LogP contribution in [-0.4, -0.2) is 19.3 Å². The van der Waals surface area contributed by atoms with Crippen molar-refractivity contribution in [2.45, 2.75) is 13.5 Å². The van der Waals surface area contributed by atoms with Gasteiger partial charge in [0.25, 0.3) is 0 Å². The molecule has 0 saturated heterocycles. The second-order valence-electron chi connectivity index (χ2n) is 3.05. The van der Waals surface area contributed by atoms with Gasteiger partial charge in [-0.3, -0.25) is 0 Å². The molecule has 1 aromatic carbocycles. The van der Waals surface area contributed by atoms with Crippen molar-refractivity contribution in [3.8, 4) is 11.5 Å². The van der Waals surface area contributed by atoms with Crippen molar-refractivity contribution in [3.05, 3.63) is 21.7 Å². The Morgan fingerprint density at radius 1 is 1.47 bits per heavy atom. The second kappa shape index (κ2) is 5.34. The molecule has 0 unspecified atom stereocenters. The van der Waals surface area contributed by atoms with Crippen LogP contribution in [0.5, 0.6) is 11.5 Å². The van der Waals surface area contributed by atoms with Crippen molar-refractivity contribution in [3.63, 3.8) is 0 Å². The molecule has 4 nitrogen and oxygen atoms in total. The number of rotatable bonds is 4. The van der Waals surface area contributed by atoms with E-state index in [1.54, 1.807) is 0 Å². The van der Waals surface area contributed by atoms with Crippen molar-refractivity contribution >= 4 is 15.9 Å². The van der Waals surface area contributed by atoms with Crippen molar-refractivity contribution in [1.29, 1.82) is 0 Å². The number of hydrogen-bond acceptors (Lipinski definition) is 4. The van der Waals surface area contributed by atoms with Gasteiger partial charge < -0.3 is 14.7 Å². The van der Waals surface area contributed by atoms with E-state index in [-0.39, 0.29) is 5.75 Å². The molecule has 2 N–H and O–H groups in total. The van der Waals surface area contributed by atoms with Gasteiger partial charge in [-0.15, -0.1) is 0 Å². The quantitative estimate of drug-likeness (QED) is 0.827. The largest absolute Gasteiger partial charge is 0.504 e. The first-order valence-corrected chi connectivity index (χ1v) is 5.21. The summed E-state index contributed by atoms with van der Waals surface area (Å²) in [5, 5.41) is 9.88. The molecule has 0 aromatic heterocycles. The number of hydroxylamine groups is 1. The van der Waals surface area contributed by atoms with Crippen molar-refractivity contribution in [2.75, 3.05) is 14.2 Å². The number of halogens is 1. The Kier molecular flexibility index (Phi) is 4.38. The van der Waals surface area contributed by atoms with Gasteiger partial charge in [0.05, 0.1) is 14.2 Å². The molecule has 15 heavy (non-hydrogen) atoms. The predicted molar refractivity (Wildman–Crippen MR) is 60.9 cm³/mol. The number of phenolic OH excluding ortho intramolecular Hbond substituents is 1. The average molecular weight is 276 g/mol. The molecule has 0 aliphatic heterocycles. The molecule has 0 aliphatic carbocycles. The Morgan fingerprint density at radius 2 is 2.13 bits per heavy atom. The standard InChI is InChI=1S/C10H14BrNO3/c1-6-8(11)4-7(5-12-15-3)9(13)10(6)14-2/h4,12-13H,5H2,1-3H3. The Balaban J connectivity index is 3.12. The lowest BCUT2D eigenvalue weighted by Crippen LogP contribution is -2.11. The maximum absolute atomic E-state index is 9.88. The molecule has 0 aliphatic rings. The number of ether oxygens (including phenoxy) is 1. The summed E-state index contributed by atoms with van der Waals surface area (Å²) in [6.07, 6.45) is 0. The van der Waals surface area contributed by atoms with Gasteiger partial charge in [-0.05, 0) is 13.0 Å². The zero-order chi connectivity index (χ0) is 11.4. The van der Waals surface area contributed by atoms with Gasteiger partial charge in [-0.2, -0.15) is 5.48 Å². The van der Waals surface area contributed by atoms with E-state index in [4.69, 9.17) is 9.57 Å². The van der Waals surface area contributed by atoms with Crippen LogP contribution in [0.25, 0.3) is 0 Å². The van der Waals surface area contributed by atoms with Gasteiger partial charge in [0.2, 0.25) is 0 Å². The van der Waals surface area contributed by atoms with Crippen LogP contribution in [-0.2, 0) is 11.4 Å². The lowest BCUT2D eigenvalue weighted by molar-refractivity contribution is 0.0860. The summed E-state index contributed by atoms with van der Waals surface area (Å²) < 4.78 is 6.02. The number of nitrogens with one attached hydrogen (secondary N) is 1. The molecule has 0 bridgehead atoms. The molecule has 0 fully saturated rings. The Morgan fingerprint density at radius 3 is 2.67 bits per heavy atom. The van der Waals surface area contributed by atoms with E-state index in [0.29, 0.717) is 17.9 Å². The van der Waals surface area contributed by atoms with Gasteiger partial charge in [0, 0.05) is 22.1 Å². The summed E-state index contributed by atoms with van der Waals surface area (Å²) in [4.78, 5) is 4.73. The fourth-order valence-corrected chi connectivity index (χ4v) is 1.75. The highest BCUT2D eigenvalue weighted by Crippen LogP contribution is 2.37. The highest BCUT2D eigenvalue weighted by molar-refractivity contribution is 9.10. The predicted octanol–water partition coefficient (Wildman–Crippen LogP) is 2.12. The smallest absolute Gasteiger partial charge is 0.164 e. The van der Waals surface area contributed by atoms with Crippen LogP contribution in [0, 0.1) is 6.92 Å². The van der Waals surface area contributed by atoms with Gasteiger partial charge >= 0.3 is 0 Å². The third-order valence-corrected chi connectivity index (χ3v) is 2.95. The number of aromatic hydroxyl groups is 1. The minimum atomic E-state index is 0.141. The van der Waals surface area contributed by atoms with Crippen LogP contribution >= 0.6 is 15.9 Å². The third-order valence-electron chi connectivity index (χ3n) is 2.13. The molecule has 0 saturated carbocycles. The summed E-state index contributed by atoms with van der Waals surface area (Å²) >= 11 is 3.40. The average Bonchev–Trinajstić information content (AvgIpc) is 2.22. The number of methoxy groups -OCH3 is 1. The van der Waals surface area contributed by atoms with E-state index in [0.717, 1.165) is 10.0 Å². The molecular formula is C10H14BrNO3. The van der Waals surface area contributed by atoms with E-state index in [2.05, 4.69) is 21.4 Å². The fraction of sp³-hybridized carbons (Fsp3) is 0.400. The SMILES string of the molecule is CONCc1cc(Br)c(C)c(OC)c1O. The highest BCUT2D eigenvalue weighted by atomic mass is 79.9. The topological polar surface area (TPSA) is 50.7 Å². The van der Waals surface area contributed by atoms with Crippen molar-refractivity contribution in [2.24, 2.45) is 0 Å². The summed E-state index contributed by atoms with van der Waals surface area (Å²) in [6.45, 7) is 2.29.